The second-order valence-electron chi connectivity index (χ2n) is 6.45. The molecule has 1 aliphatic heterocycles. The van der Waals surface area contributed by atoms with Crippen LogP contribution in [0.2, 0.25) is 0 Å². The molecule has 2 aliphatic rings. The maximum absolute atomic E-state index is 12.2. The van der Waals surface area contributed by atoms with E-state index in [1.54, 1.807) is 0 Å². The maximum atomic E-state index is 12.2. The molecule has 0 bridgehead atoms. The molecule has 1 aromatic rings. The number of nitrogens with one attached hydrogen (secondary N) is 2. The molecule has 1 heterocycles. The molecule has 0 radical (unpaired) electrons. The molecule has 3 nitrogen and oxygen atoms in total. The topological polar surface area (TPSA) is 41.1 Å². The number of thioether (sulfide) groups is 1. The van der Waals surface area contributed by atoms with Crippen molar-refractivity contribution in [3.63, 3.8) is 0 Å². The van der Waals surface area contributed by atoms with Crippen LogP contribution in [-0.2, 0) is 10.5 Å². The number of anilines is 1. The molecule has 1 aromatic carbocycles. The van der Waals surface area contributed by atoms with E-state index in [1.165, 1.54) is 37.7 Å². The van der Waals surface area contributed by atoms with Gasteiger partial charge in [0.15, 0.2) is 0 Å². The first-order valence-corrected chi connectivity index (χ1v) is 9.58. The van der Waals surface area contributed by atoms with Gasteiger partial charge in [-0.15, -0.1) is 12.4 Å². The van der Waals surface area contributed by atoms with Crippen molar-refractivity contribution in [2.75, 3.05) is 18.4 Å². The number of benzene rings is 1. The van der Waals surface area contributed by atoms with E-state index in [-0.39, 0.29) is 24.2 Å². The summed E-state index contributed by atoms with van der Waals surface area (Å²) in [7, 11) is 0. The zero-order chi connectivity index (χ0) is 15.2. The zero-order valence-electron chi connectivity index (χ0n) is 13.6. The van der Waals surface area contributed by atoms with Crippen molar-refractivity contribution in [2.24, 2.45) is 5.92 Å². The summed E-state index contributed by atoms with van der Waals surface area (Å²) < 4.78 is 0. The predicted molar refractivity (Wildman–Crippen MR) is 101 cm³/mol. The minimum absolute atomic E-state index is 0. The molecule has 128 valence electrons. The van der Waals surface area contributed by atoms with E-state index in [9.17, 15) is 4.79 Å². The van der Waals surface area contributed by atoms with Gasteiger partial charge in [-0.1, -0.05) is 31.4 Å². The summed E-state index contributed by atoms with van der Waals surface area (Å²) in [4.78, 5) is 12.2. The Labute approximate surface area is 149 Å². The number of carbonyl (C=O) groups is 1. The number of rotatable bonds is 5. The summed E-state index contributed by atoms with van der Waals surface area (Å²) >= 11 is 2.08. The Morgan fingerprint density at radius 3 is 2.78 bits per heavy atom. The molecule has 1 aliphatic carbocycles. The molecule has 1 amide bonds. The van der Waals surface area contributed by atoms with E-state index in [0.717, 1.165) is 36.2 Å². The summed E-state index contributed by atoms with van der Waals surface area (Å²) in [5.41, 5.74) is 2.26. The predicted octanol–water partition coefficient (Wildman–Crippen LogP) is 4.22. The third-order valence-corrected chi connectivity index (χ3v) is 6.11. The molecule has 1 saturated carbocycles. The van der Waals surface area contributed by atoms with Crippen LogP contribution >= 0.6 is 24.2 Å². The van der Waals surface area contributed by atoms with E-state index in [2.05, 4.69) is 40.6 Å². The lowest BCUT2D eigenvalue weighted by Gasteiger charge is -2.21. The smallest absolute Gasteiger partial charge is 0.228 e. The van der Waals surface area contributed by atoms with Crippen LogP contribution in [0.4, 0.5) is 5.69 Å². The first kappa shape index (κ1) is 18.6. The lowest BCUT2D eigenvalue weighted by atomic mass is 10.0. The van der Waals surface area contributed by atoms with Crippen LogP contribution in [0.15, 0.2) is 24.3 Å². The minimum atomic E-state index is 0. The molecule has 0 spiro atoms. The van der Waals surface area contributed by atoms with Gasteiger partial charge in [0.25, 0.3) is 0 Å². The molecule has 1 unspecified atom stereocenters. The third-order valence-electron chi connectivity index (χ3n) is 4.66. The zero-order valence-corrected chi connectivity index (χ0v) is 15.2. The number of hydrogen-bond acceptors (Lipinski definition) is 3. The van der Waals surface area contributed by atoms with Gasteiger partial charge in [0.1, 0.15) is 0 Å². The molecule has 1 saturated heterocycles. The van der Waals surface area contributed by atoms with Gasteiger partial charge in [-0.25, -0.2) is 0 Å². The molecule has 2 fully saturated rings. The molecular weight excluding hydrogens is 328 g/mol. The van der Waals surface area contributed by atoms with Crippen LogP contribution in [0.25, 0.3) is 0 Å². The SMILES string of the molecule is Cl.O=C(Nc1cccc(CSC2CCCCC2)c1)C1CCNC1. The normalized spacial score (nSPS) is 21.7. The van der Waals surface area contributed by atoms with E-state index in [4.69, 9.17) is 0 Å². The van der Waals surface area contributed by atoms with Crippen molar-refractivity contribution < 1.29 is 4.79 Å². The largest absolute Gasteiger partial charge is 0.326 e. The molecule has 1 atom stereocenters. The molecular formula is C18H27ClN2OS. The van der Waals surface area contributed by atoms with Gasteiger partial charge in [0, 0.05) is 23.2 Å². The van der Waals surface area contributed by atoms with Gasteiger partial charge in [0.2, 0.25) is 5.91 Å². The van der Waals surface area contributed by atoms with Gasteiger partial charge < -0.3 is 10.6 Å². The summed E-state index contributed by atoms with van der Waals surface area (Å²) in [6.45, 7) is 1.76. The van der Waals surface area contributed by atoms with Crippen LogP contribution < -0.4 is 10.6 Å². The summed E-state index contributed by atoms with van der Waals surface area (Å²) in [5, 5.41) is 7.15. The number of halogens is 1. The molecule has 23 heavy (non-hydrogen) atoms. The van der Waals surface area contributed by atoms with Crippen LogP contribution in [-0.4, -0.2) is 24.2 Å². The highest BCUT2D eigenvalue weighted by Crippen LogP contribution is 2.30. The van der Waals surface area contributed by atoms with Crippen molar-refractivity contribution in [2.45, 2.75) is 49.5 Å². The second kappa shape index (κ2) is 9.55. The van der Waals surface area contributed by atoms with Gasteiger partial charge in [-0.3, -0.25) is 4.79 Å². The number of carbonyl (C=O) groups excluding carboxylic acids is 1. The lowest BCUT2D eigenvalue weighted by Crippen LogP contribution is -2.24. The first-order valence-electron chi connectivity index (χ1n) is 8.53. The average molecular weight is 355 g/mol. The van der Waals surface area contributed by atoms with Crippen LogP contribution in [0.1, 0.15) is 44.1 Å². The highest BCUT2D eigenvalue weighted by Gasteiger charge is 2.22. The highest BCUT2D eigenvalue weighted by molar-refractivity contribution is 7.99. The maximum Gasteiger partial charge on any atom is 0.228 e. The Balaban J connectivity index is 0.00000192. The Morgan fingerprint density at radius 1 is 1.22 bits per heavy atom. The van der Waals surface area contributed by atoms with Crippen LogP contribution in [0, 0.1) is 5.92 Å². The monoisotopic (exact) mass is 354 g/mol. The molecule has 5 heteroatoms. The Kier molecular flexibility index (Phi) is 7.74. The van der Waals surface area contributed by atoms with Crippen LogP contribution in [0.5, 0.6) is 0 Å². The van der Waals surface area contributed by atoms with Crippen molar-refractivity contribution >= 4 is 35.8 Å². The minimum Gasteiger partial charge on any atom is -0.326 e. The van der Waals surface area contributed by atoms with Gasteiger partial charge in [-0.05, 0) is 43.5 Å². The first-order chi connectivity index (χ1) is 10.8. The average Bonchev–Trinajstić information content (AvgIpc) is 3.09. The quantitative estimate of drug-likeness (QED) is 0.831. The Morgan fingerprint density at radius 2 is 2.04 bits per heavy atom. The van der Waals surface area contributed by atoms with Gasteiger partial charge in [-0.2, -0.15) is 11.8 Å². The summed E-state index contributed by atoms with van der Waals surface area (Å²) in [5.74, 6) is 1.33. The molecule has 2 N–H and O–H groups in total. The number of amides is 1. The van der Waals surface area contributed by atoms with Crippen molar-refractivity contribution in [3.8, 4) is 0 Å². The summed E-state index contributed by atoms with van der Waals surface area (Å²) in [6, 6.07) is 8.35. The fraction of sp³-hybridized carbons (Fsp3) is 0.611. The summed E-state index contributed by atoms with van der Waals surface area (Å²) in [6.07, 6.45) is 7.88. The van der Waals surface area contributed by atoms with Crippen molar-refractivity contribution in [1.82, 2.24) is 5.32 Å². The Hall–Kier alpha value is -0.710. The highest BCUT2D eigenvalue weighted by atomic mass is 35.5. The fourth-order valence-corrected chi connectivity index (χ4v) is 4.58. The Bertz CT molecular complexity index is 500. The third kappa shape index (κ3) is 5.70. The van der Waals surface area contributed by atoms with E-state index in [1.807, 2.05) is 6.07 Å². The second-order valence-corrected chi connectivity index (χ2v) is 7.74. The van der Waals surface area contributed by atoms with Gasteiger partial charge in [0.05, 0.1) is 5.92 Å². The fourth-order valence-electron chi connectivity index (χ4n) is 3.31. The molecule has 0 aromatic heterocycles. The van der Waals surface area contributed by atoms with Crippen LogP contribution in [0.3, 0.4) is 0 Å². The van der Waals surface area contributed by atoms with Crippen molar-refractivity contribution in [3.05, 3.63) is 29.8 Å². The lowest BCUT2D eigenvalue weighted by molar-refractivity contribution is -0.119. The van der Waals surface area contributed by atoms with E-state index >= 15 is 0 Å². The van der Waals surface area contributed by atoms with E-state index in [0.29, 0.717) is 0 Å². The van der Waals surface area contributed by atoms with Gasteiger partial charge >= 0.3 is 0 Å². The number of hydrogen-bond donors (Lipinski definition) is 2. The standard InChI is InChI=1S/C18H26N2OS.ClH/c21-18(15-9-10-19-12-15)20-16-6-4-5-14(11-16)13-22-17-7-2-1-3-8-17;/h4-6,11,15,17,19H,1-3,7-10,12-13H2,(H,20,21);1H. The van der Waals surface area contributed by atoms with E-state index < -0.39 is 0 Å². The molecule has 3 rings (SSSR count). The van der Waals surface area contributed by atoms with Crippen molar-refractivity contribution in [1.29, 1.82) is 0 Å².